The van der Waals surface area contributed by atoms with E-state index in [1.54, 1.807) is 6.20 Å². The molecular formula is C40H32IrN2O-2. The van der Waals surface area contributed by atoms with E-state index in [2.05, 4.69) is 92.3 Å². The first-order valence-electron chi connectivity index (χ1n) is 14.7. The molecule has 3 heterocycles. The van der Waals surface area contributed by atoms with Gasteiger partial charge in [0, 0.05) is 43.3 Å². The van der Waals surface area contributed by atoms with E-state index in [0.717, 1.165) is 39.2 Å². The number of nitrogens with zero attached hydrogens (tertiary/aromatic N) is 2. The zero-order chi connectivity index (χ0) is 29.6. The zero-order valence-corrected chi connectivity index (χ0v) is 27.6. The Balaban J connectivity index is 0.000000222. The molecule has 219 valence electrons. The van der Waals surface area contributed by atoms with Gasteiger partial charge in [-0.15, -0.1) is 54.1 Å². The monoisotopic (exact) mass is 749 g/mol. The Morgan fingerprint density at radius 1 is 0.591 bits per heavy atom. The van der Waals surface area contributed by atoms with Crippen LogP contribution in [-0.2, 0) is 30.9 Å². The number of hydrogen-bond donors (Lipinski definition) is 0. The van der Waals surface area contributed by atoms with Crippen molar-refractivity contribution in [3.8, 4) is 22.5 Å². The molecule has 4 heteroatoms. The van der Waals surface area contributed by atoms with Crippen LogP contribution in [0.15, 0.2) is 126 Å². The fourth-order valence-electron chi connectivity index (χ4n) is 6.61. The van der Waals surface area contributed by atoms with E-state index in [9.17, 15) is 0 Å². The third-order valence-electron chi connectivity index (χ3n) is 8.64. The van der Waals surface area contributed by atoms with Crippen LogP contribution in [-0.4, -0.2) is 9.97 Å². The van der Waals surface area contributed by atoms with E-state index in [1.165, 1.54) is 27.5 Å². The van der Waals surface area contributed by atoms with Crippen molar-refractivity contribution >= 4 is 21.7 Å². The fourth-order valence-corrected chi connectivity index (χ4v) is 6.61. The number of rotatable bonds is 2. The maximum Gasteiger partial charge on any atom is 0.104 e. The standard InChI is InChI=1S/C29H24NO.C11H8N.Ir/c1-28(2)22-16-15-18-10-5-6-11-19(18)24(22)29(3,4)27-25(28)21-13-9-12-20(26(21)31-27)23-14-7-8-17-30-23;1-2-6-10(7-3-1)11-8-4-5-9-12-11;/h5-11,13-17H,1-4H3;1-6,8-9H;/q2*-1;. The van der Waals surface area contributed by atoms with E-state index in [4.69, 9.17) is 4.42 Å². The van der Waals surface area contributed by atoms with Gasteiger partial charge in [-0.05, 0) is 64.8 Å². The number of hydrogen-bond acceptors (Lipinski definition) is 3. The van der Waals surface area contributed by atoms with Crippen molar-refractivity contribution in [1.29, 1.82) is 0 Å². The summed E-state index contributed by atoms with van der Waals surface area (Å²) in [5.74, 6) is 1.05. The molecule has 0 spiro atoms. The Bertz CT molecular complexity index is 2030. The van der Waals surface area contributed by atoms with Gasteiger partial charge in [-0.25, -0.2) is 0 Å². The van der Waals surface area contributed by atoms with Crippen molar-refractivity contribution in [2.75, 3.05) is 0 Å². The molecule has 3 nitrogen and oxygen atoms in total. The normalized spacial score (nSPS) is 14.1. The second-order valence-electron chi connectivity index (χ2n) is 12.1. The summed E-state index contributed by atoms with van der Waals surface area (Å²) in [4.78, 5) is 8.78. The molecule has 0 unspecified atom stereocenters. The first-order valence-corrected chi connectivity index (χ1v) is 14.7. The van der Waals surface area contributed by atoms with Crippen LogP contribution >= 0.6 is 0 Å². The minimum absolute atomic E-state index is 0. The third-order valence-corrected chi connectivity index (χ3v) is 8.64. The van der Waals surface area contributed by atoms with Gasteiger partial charge in [-0.2, -0.15) is 0 Å². The molecular weight excluding hydrogens is 717 g/mol. The van der Waals surface area contributed by atoms with Gasteiger partial charge in [0.05, 0.1) is 5.58 Å². The van der Waals surface area contributed by atoms with Gasteiger partial charge in [0.25, 0.3) is 0 Å². The molecule has 0 N–H and O–H groups in total. The number of pyridine rings is 2. The molecule has 0 saturated heterocycles. The molecule has 8 rings (SSSR count). The molecule has 4 aromatic carbocycles. The van der Waals surface area contributed by atoms with Crippen molar-refractivity contribution in [3.05, 3.63) is 156 Å². The Hall–Kier alpha value is -4.37. The Morgan fingerprint density at radius 2 is 1.30 bits per heavy atom. The summed E-state index contributed by atoms with van der Waals surface area (Å²) in [6, 6.07) is 43.6. The van der Waals surface area contributed by atoms with E-state index in [-0.39, 0.29) is 30.9 Å². The number of furan rings is 1. The van der Waals surface area contributed by atoms with Crippen LogP contribution in [0.4, 0.5) is 0 Å². The molecule has 0 atom stereocenters. The average Bonchev–Trinajstić information content (AvgIpc) is 3.48. The minimum atomic E-state index is -0.262. The summed E-state index contributed by atoms with van der Waals surface area (Å²) in [6.45, 7) is 9.22. The predicted molar refractivity (Wildman–Crippen MR) is 175 cm³/mol. The van der Waals surface area contributed by atoms with Crippen molar-refractivity contribution in [2.24, 2.45) is 0 Å². The molecule has 0 amide bonds. The predicted octanol–water partition coefficient (Wildman–Crippen LogP) is 9.96. The van der Waals surface area contributed by atoms with Crippen molar-refractivity contribution < 1.29 is 24.5 Å². The molecule has 0 fully saturated rings. The smallest absolute Gasteiger partial charge is 0.104 e. The summed E-state index contributed by atoms with van der Waals surface area (Å²) in [5, 5.41) is 3.74. The maximum atomic E-state index is 6.76. The molecule has 3 aromatic heterocycles. The van der Waals surface area contributed by atoms with Gasteiger partial charge >= 0.3 is 0 Å². The van der Waals surface area contributed by atoms with Gasteiger partial charge in [0.15, 0.2) is 0 Å². The van der Waals surface area contributed by atoms with Crippen LogP contribution in [0.2, 0.25) is 0 Å². The molecule has 0 bridgehead atoms. The van der Waals surface area contributed by atoms with E-state index in [1.807, 2.05) is 72.9 Å². The average molecular weight is 749 g/mol. The van der Waals surface area contributed by atoms with Crippen LogP contribution in [0.3, 0.4) is 0 Å². The summed E-state index contributed by atoms with van der Waals surface area (Å²) in [7, 11) is 0. The van der Waals surface area contributed by atoms with Crippen LogP contribution in [0.1, 0.15) is 50.1 Å². The van der Waals surface area contributed by atoms with Gasteiger partial charge in [0.1, 0.15) is 5.76 Å². The van der Waals surface area contributed by atoms with Gasteiger partial charge in [-0.3, -0.25) is 0 Å². The first-order chi connectivity index (χ1) is 20.9. The first kappa shape index (κ1) is 29.7. The fraction of sp³-hybridized carbons (Fsp3) is 0.150. The molecule has 1 radical (unpaired) electrons. The van der Waals surface area contributed by atoms with Gasteiger partial charge in [-0.1, -0.05) is 85.5 Å². The SMILES string of the molecule is CC1(C)c2oc3c(-c4ccccn4)[c-]ccc3c2C(C)(C)c2ccc3ccccc3c21.[Ir].[c-]1ccccc1-c1ccccn1. The molecule has 0 aliphatic heterocycles. The molecule has 44 heavy (non-hydrogen) atoms. The molecule has 1 aliphatic carbocycles. The Kier molecular flexibility index (Phi) is 7.84. The van der Waals surface area contributed by atoms with E-state index < -0.39 is 0 Å². The van der Waals surface area contributed by atoms with Crippen molar-refractivity contribution in [3.63, 3.8) is 0 Å². The molecule has 7 aromatic rings. The van der Waals surface area contributed by atoms with Crippen LogP contribution < -0.4 is 0 Å². The van der Waals surface area contributed by atoms with Gasteiger partial charge < -0.3 is 14.4 Å². The quantitative estimate of drug-likeness (QED) is 0.165. The third kappa shape index (κ3) is 4.89. The van der Waals surface area contributed by atoms with Crippen molar-refractivity contribution in [1.82, 2.24) is 9.97 Å². The Labute approximate surface area is 272 Å². The molecule has 1 aliphatic rings. The summed E-state index contributed by atoms with van der Waals surface area (Å²) < 4.78 is 6.76. The largest absolute Gasteiger partial charge is 0.504 e. The second-order valence-corrected chi connectivity index (χ2v) is 12.1. The Morgan fingerprint density at radius 3 is 2.00 bits per heavy atom. The summed E-state index contributed by atoms with van der Waals surface area (Å²) in [5.41, 5.74) is 8.27. The number of aromatic nitrogens is 2. The topological polar surface area (TPSA) is 38.9 Å². The summed E-state index contributed by atoms with van der Waals surface area (Å²) >= 11 is 0. The van der Waals surface area contributed by atoms with Crippen LogP contribution in [0.25, 0.3) is 44.3 Å². The zero-order valence-electron chi connectivity index (χ0n) is 25.2. The van der Waals surface area contributed by atoms with E-state index in [0.29, 0.717) is 0 Å². The second kappa shape index (κ2) is 11.6. The number of benzene rings is 4. The van der Waals surface area contributed by atoms with Gasteiger partial charge in [0.2, 0.25) is 0 Å². The minimum Gasteiger partial charge on any atom is -0.504 e. The van der Waals surface area contributed by atoms with E-state index >= 15 is 0 Å². The maximum absolute atomic E-state index is 6.76. The van der Waals surface area contributed by atoms with Crippen molar-refractivity contribution in [2.45, 2.75) is 38.5 Å². The summed E-state index contributed by atoms with van der Waals surface area (Å²) in [6.07, 6.45) is 3.61. The number of fused-ring (bicyclic) bond motifs is 6. The van der Waals surface area contributed by atoms with Crippen LogP contribution in [0, 0.1) is 12.1 Å². The van der Waals surface area contributed by atoms with Crippen LogP contribution in [0.5, 0.6) is 0 Å². The molecule has 0 saturated carbocycles.